The van der Waals surface area contributed by atoms with Crippen molar-refractivity contribution >= 4 is 5.78 Å². The van der Waals surface area contributed by atoms with Crippen LogP contribution in [0.15, 0.2) is 36.4 Å². The Hall–Kier alpha value is -1.89. The summed E-state index contributed by atoms with van der Waals surface area (Å²) >= 11 is 0. The molecule has 0 aliphatic heterocycles. The zero-order chi connectivity index (χ0) is 18.4. The Morgan fingerprint density at radius 1 is 0.808 bits per heavy atom. The highest BCUT2D eigenvalue weighted by Crippen LogP contribution is 2.35. The van der Waals surface area contributed by atoms with Crippen molar-refractivity contribution in [2.45, 2.75) is 78.1 Å². The highest BCUT2D eigenvalue weighted by atomic mass is 16.1. The fourth-order valence-electron chi connectivity index (χ4n) is 4.08. The highest BCUT2D eigenvalue weighted by molar-refractivity contribution is 5.97. The van der Waals surface area contributed by atoms with E-state index in [9.17, 15) is 4.79 Å². The lowest BCUT2D eigenvalue weighted by atomic mass is 9.83. The Morgan fingerprint density at radius 2 is 1.50 bits per heavy atom. The third kappa shape index (κ3) is 4.44. The molecule has 138 valence electrons. The van der Waals surface area contributed by atoms with Gasteiger partial charge in [-0.15, -0.1) is 0 Å². The minimum atomic E-state index is 0.277. The molecular formula is C25H32O. The number of unbranched alkanes of at least 4 members (excludes halogenated alkanes) is 4. The summed E-state index contributed by atoms with van der Waals surface area (Å²) in [7, 11) is 0. The van der Waals surface area contributed by atoms with Gasteiger partial charge >= 0.3 is 0 Å². The van der Waals surface area contributed by atoms with E-state index in [-0.39, 0.29) is 5.78 Å². The van der Waals surface area contributed by atoms with E-state index >= 15 is 0 Å². The molecule has 1 heteroatoms. The molecule has 0 unspecified atom stereocenters. The molecule has 2 aromatic carbocycles. The summed E-state index contributed by atoms with van der Waals surface area (Å²) in [4.78, 5) is 12.2. The maximum absolute atomic E-state index is 12.2. The van der Waals surface area contributed by atoms with E-state index in [1.165, 1.54) is 66.3 Å². The Kier molecular flexibility index (Phi) is 6.66. The topological polar surface area (TPSA) is 17.1 Å². The first kappa shape index (κ1) is 18.9. The van der Waals surface area contributed by atoms with Gasteiger partial charge in [-0.05, 0) is 66.0 Å². The highest BCUT2D eigenvalue weighted by Gasteiger charge is 2.18. The largest absolute Gasteiger partial charge is 0.294 e. The molecule has 0 heterocycles. The van der Waals surface area contributed by atoms with Crippen LogP contribution in [0.5, 0.6) is 0 Å². The van der Waals surface area contributed by atoms with Gasteiger partial charge in [0.15, 0.2) is 5.78 Å². The van der Waals surface area contributed by atoms with Crippen LogP contribution in [0.1, 0.15) is 85.8 Å². The van der Waals surface area contributed by atoms with Gasteiger partial charge in [-0.3, -0.25) is 4.79 Å². The molecule has 2 aromatic rings. The van der Waals surface area contributed by atoms with Gasteiger partial charge in [-0.1, -0.05) is 69.9 Å². The Labute approximate surface area is 158 Å². The molecule has 3 rings (SSSR count). The summed E-state index contributed by atoms with van der Waals surface area (Å²) in [5, 5.41) is 0. The second-order valence-electron chi connectivity index (χ2n) is 7.70. The maximum atomic E-state index is 12.2. The van der Waals surface area contributed by atoms with Gasteiger partial charge in [0.1, 0.15) is 0 Å². The molecule has 0 aromatic heterocycles. The zero-order valence-electron chi connectivity index (χ0n) is 16.4. The molecule has 0 radical (unpaired) electrons. The predicted octanol–water partition coefficient (Wildman–Crippen LogP) is 6.95. The van der Waals surface area contributed by atoms with Crippen LogP contribution in [0.25, 0.3) is 11.1 Å². The quantitative estimate of drug-likeness (QED) is 0.354. The number of Topliss-reactive ketones (excluding diaryl/α,β-unsaturated/α-hetero) is 1. The number of carbonyl (C=O) groups excluding carboxylic acids is 1. The van der Waals surface area contributed by atoms with Crippen molar-refractivity contribution < 1.29 is 4.79 Å². The SMILES string of the molecule is CCCCCCCc1ccc2c(c1)CCc1cc(C(=O)CCC)ccc1-2. The first-order chi connectivity index (χ1) is 12.7. The molecule has 0 bridgehead atoms. The van der Waals surface area contributed by atoms with Crippen molar-refractivity contribution in [2.24, 2.45) is 0 Å². The number of hydrogen-bond acceptors (Lipinski definition) is 1. The average Bonchev–Trinajstić information content (AvgIpc) is 2.67. The number of rotatable bonds is 9. The minimum Gasteiger partial charge on any atom is -0.294 e. The fourth-order valence-corrected chi connectivity index (χ4v) is 4.08. The second kappa shape index (κ2) is 9.16. The third-order valence-electron chi connectivity index (χ3n) is 5.60. The first-order valence-electron chi connectivity index (χ1n) is 10.5. The number of ketones is 1. The van der Waals surface area contributed by atoms with Crippen molar-refractivity contribution in [3.8, 4) is 11.1 Å². The van der Waals surface area contributed by atoms with Crippen molar-refractivity contribution in [2.75, 3.05) is 0 Å². The van der Waals surface area contributed by atoms with Crippen LogP contribution >= 0.6 is 0 Å². The molecule has 0 saturated carbocycles. The van der Waals surface area contributed by atoms with Crippen LogP contribution in [-0.4, -0.2) is 5.78 Å². The van der Waals surface area contributed by atoms with Gasteiger partial charge in [0.2, 0.25) is 0 Å². The molecule has 0 amide bonds. The molecule has 1 aliphatic rings. The lowest BCUT2D eigenvalue weighted by Gasteiger charge is -2.21. The van der Waals surface area contributed by atoms with Crippen LogP contribution in [0.2, 0.25) is 0 Å². The van der Waals surface area contributed by atoms with Gasteiger partial charge in [0, 0.05) is 12.0 Å². The van der Waals surface area contributed by atoms with Crippen LogP contribution < -0.4 is 0 Å². The lowest BCUT2D eigenvalue weighted by molar-refractivity contribution is 0.0981. The van der Waals surface area contributed by atoms with Crippen LogP contribution in [-0.2, 0) is 19.3 Å². The Bertz CT molecular complexity index is 757. The van der Waals surface area contributed by atoms with Crippen LogP contribution in [0.4, 0.5) is 0 Å². The van der Waals surface area contributed by atoms with Crippen molar-refractivity contribution in [1.29, 1.82) is 0 Å². The molecule has 26 heavy (non-hydrogen) atoms. The number of carbonyl (C=O) groups is 1. The molecule has 1 aliphatic carbocycles. The van der Waals surface area contributed by atoms with E-state index in [0.29, 0.717) is 6.42 Å². The number of aryl methyl sites for hydroxylation is 3. The summed E-state index contributed by atoms with van der Waals surface area (Å²) in [6, 6.07) is 13.4. The molecule has 0 saturated heterocycles. The average molecular weight is 349 g/mol. The van der Waals surface area contributed by atoms with E-state index in [1.807, 2.05) is 6.07 Å². The molecule has 0 atom stereocenters. The summed E-state index contributed by atoms with van der Waals surface area (Å²) in [5.74, 6) is 0.277. The first-order valence-corrected chi connectivity index (χ1v) is 10.5. The van der Waals surface area contributed by atoms with E-state index < -0.39 is 0 Å². The monoisotopic (exact) mass is 348 g/mol. The summed E-state index contributed by atoms with van der Waals surface area (Å²) < 4.78 is 0. The van der Waals surface area contributed by atoms with Gasteiger partial charge in [0.25, 0.3) is 0 Å². The smallest absolute Gasteiger partial charge is 0.162 e. The van der Waals surface area contributed by atoms with Gasteiger partial charge in [0.05, 0.1) is 0 Å². The maximum Gasteiger partial charge on any atom is 0.162 e. The Balaban J connectivity index is 1.72. The Morgan fingerprint density at radius 3 is 2.23 bits per heavy atom. The molecule has 0 spiro atoms. The second-order valence-corrected chi connectivity index (χ2v) is 7.70. The van der Waals surface area contributed by atoms with E-state index in [2.05, 4.69) is 44.2 Å². The van der Waals surface area contributed by atoms with Gasteiger partial charge < -0.3 is 0 Å². The van der Waals surface area contributed by atoms with Crippen molar-refractivity contribution in [3.05, 3.63) is 58.7 Å². The van der Waals surface area contributed by atoms with E-state index in [1.54, 1.807) is 0 Å². The van der Waals surface area contributed by atoms with Crippen LogP contribution in [0, 0.1) is 0 Å². The summed E-state index contributed by atoms with van der Waals surface area (Å²) in [6.07, 6.45) is 11.6. The van der Waals surface area contributed by atoms with Crippen molar-refractivity contribution in [3.63, 3.8) is 0 Å². The number of hydrogen-bond donors (Lipinski definition) is 0. The summed E-state index contributed by atoms with van der Waals surface area (Å²) in [6.45, 7) is 4.33. The summed E-state index contributed by atoms with van der Waals surface area (Å²) in [5.41, 5.74) is 7.89. The van der Waals surface area contributed by atoms with Crippen LogP contribution in [0.3, 0.4) is 0 Å². The predicted molar refractivity (Wildman–Crippen MR) is 111 cm³/mol. The number of benzene rings is 2. The minimum absolute atomic E-state index is 0.277. The van der Waals surface area contributed by atoms with E-state index in [0.717, 1.165) is 24.8 Å². The van der Waals surface area contributed by atoms with E-state index in [4.69, 9.17) is 0 Å². The standard InChI is InChI=1S/C25H32O/c1-3-5-6-7-8-10-19-11-15-23-20(17-19)12-13-21-18-22(14-16-24(21)23)25(26)9-4-2/h11,14-18H,3-10,12-13H2,1-2H3. The molecular weight excluding hydrogens is 316 g/mol. The fraction of sp³-hybridized carbons (Fsp3) is 0.480. The molecule has 0 fully saturated rings. The van der Waals surface area contributed by atoms with Gasteiger partial charge in [-0.25, -0.2) is 0 Å². The molecule has 1 nitrogen and oxygen atoms in total. The normalized spacial score (nSPS) is 12.5. The van der Waals surface area contributed by atoms with Gasteiger partial charge in [-0.2, -0.15) is 0 Å². The van der Waals surface area contributed by atoms with Crippen molar-refractivity contribution in [1.82, 2.24) is 0 Å². The zero-order valence-corrected chi connectivity index (χ0v) is 16.4. The number of fused-ring (bicyclic) bond motifs is 3. The third-order valence-corrected chi connectivity index (χ3v) is 5.60. The lowest BCUT2D eigenvalue weighted by Crippen LogP contribution is -2.07. The molecule has 0 N–H and O–H groups in total.